The third kappa shape index (κ3) is 6.29. The Morgan fingerprint density at radius 2 is 1.71 bits per heavy atom. The highest BCUT2D eigenvalue weighted by Crippen LogP contribution is 2.17. The van der Waals surface area contributed by atoms with E-state index in [1.165, 1.54) is 0 Å². The van der Waals surface area contributed by atoms with E-state index in [1.54, 1.807) is 24.3 Å². The van der Waals surface area contributed by atoms with Gasteiger partial charge in [-0.3, -0.25) is 9.59 Å². The number of unbranched alkanes of at least 4 members (excludes halogenated alkanes) is 3. The predicted molar refractivity (Wildman–Crippen MR) is 94.8 cm³/mol. The highest BCUT2D eigenvalue weighted by Gasteiger charge is 2.23. The van der Waals surface area contributed by atoms with Crippen molar-refractivity contribution < 1.29 is 14.3 Å². The lowest BCUT2D eigenvalue weighted by Gasteiger charge is -2.11. The summed E-state index contributed by atoms with van der Waals surface area (Å²) in [7, 11) is 0. The second kappa shape index (κ2) is 10.1. The predicted octanol–water partition coefficient (Wildman–Crippen LogP) is 2.65. The van der Waals surface area contributed by atoms with Crippen LogP contribution in [-0.2, 0) is 14.3 Å². The summed E-state index contributed by atoms with van der Waals surface area (Å²) in [6.45, 7) is 1.36. The van der Waals surface area contributed by atoms with Crippen molar-refractivity contribution in [3.63, 3.8) is 0 Å². The first-order valence-electron chi connectivity index (χ1n) is 8.71. The van der Waals surface area contributed by atoms with Crippen molar-refractivity contribution in [1.29, 1.82) is 0 Å². The van der Waals surface area contributed by atoms with Gasteiger partial charge in [0.1, 0.15) is 6.10 Å². The van der Waals surface area contributed by atoms with E-state index in [9.17, 15) is 9.59 Å². The minimum absolute atomic E-state index is 0.0129. The summed E-state index contributed by atoms with van der Waals surface area (Å²) in [5.74, 6) is -0.0966. The molecule has 1 heterocycles. The van der Waals surface area contributed by atoms with E-state index in [0.717, 1.165) is 44.2 Å². The Labute approximate surface area is 143 Å². The standard InChI is InChI=1S/C18H27N3O3/c19-12-4-2-1-3-7-17(22)20-14-8-10-15(11-9-14)21-18(23)16-6-5-13-24-16/h8-11,16H,1-7,12-13,19H2,(H,20,22)(H,21,23). The molecule has 6 nitrogen and oxygen atoms in total. The lowest BCUT2D eigenvalue weighted by molar-refractivity contribution is -0.124. The average molecular weight is 333 g/mol. The third-order valence-electron chi connectivity index (χ3n) is 4.02. The van der Waals surface area contributed by atoms with Gasteiger partial charge in [-0.1, -0.05) is 12.8 Å². The molecule has 2 amide bonds. The molecule has 1 aliphatic rings. The van der Waals surface area contributed by atoms with Crippen LogP contribution < -0.4 is 16.4 Å². The SMILES string of the molecule is NCCCCCCC(=O)Nc1ccc(NC(=O)C2CCCO2)cc1. The number of carbonyl (C=O) groups excluding carboxylic acids is 2. The summed E-state index contributed by atoms with van der Waals surface area (Å²) in [4.78, 5) is 23.8. The molecule has 1 atom stereocenters. The fourth-order valence-corrected chi connectivity index (χ4v) is 2.65. The summed E-state index contributed by atoms with van der Waals surface area (Å²) in [6, 6.07) is 7.14. The Balaban J connectivity index is 1.71. The molecule has 0 spiro atoms. The van der Waals surface area contributed by atoms with Crippen molar-refractivity contribution in [3.05, 3.63) is 24.3 Å². The molecule has 1 aromatic rings. The topological polar surface area (TPSA) is 93.5 Å². The van der Waals surface area contributed by atoms with Gasteiger partial charge in [0.2, 0.25) is 5.91 Å². The van der Waals surface area contributed by atoms with Gasteiger partial charge in [-0.05, 0) is 56.5 Å². The highest BCUT2D eigenvalue weighted by molar-refractivity contribution is 5.95. The fraction of sp³-hybridized carbons (Fsp3) is 0.556. The second-order valence-corrected chi connectivity index (χ2v) is 6.07. The van der Waals surface area contributed by atoms with Gasteiger partial charge in [0.15, 0.2) is 0 Å². The summed E-state index contributed by atoms with van der Waals surface area (Å²) < 4.78 is 5.35. The minimum Gasteiger partial charge on any atom is -0.368 e. The first-order chi connectivity index (χ1) is 11.7. The number of hydrogen-bond donors (Lipinski definition) is 3. The van der Waals surface area contributed by atoms with Gasteiger partial charge in [-0.15, -0.1) is 0 Å². The maximum atomic E-state index is 12.0. The quantitative estimate of drug-likeness (QED) is 0.606. The van der Waals surface area contributed by atoms with Crippen molar-refractivity contribution in [2.75, 3.05) is 23.8 Å². The normalized spacial score (nSPS) is 16.8. The Hall–Kier alpha value is -1.92. The molecule has 0 aromatic heterocycles. The first-order valence-corrected chi connectivity index (χ1v) is 8.71. The Bertz CT molecular complexity index is 525. The van der Waals surface area contributed by atoms with Crippen molar-refractivity contribution in [3.8, 4) is 0 Å². The molecule has 0 saturated carbocycles. The Morgan fingerprint density at radius 3 is 2.33 bits per heavy atom. The third-order valence-corrected chi connectivity index (χ3v) is 4.02. The van der Waals surface area contributed by atoms with E-state index in [2.05, 4.69) is 10.6 Å². The highest BCUT2D eigenvalue weighted by atomic mass is 16.5. The summed E-state index contributed by atoms with van der Waals surface area (Å²) in [5, 5.41) is 5.70. The van der Waals surface area contributed by atoms with E-state index >= 15 is 0 Å². The smallest absolute Gasteiger partial charge is 0.253 e. The van der Waals surface area contributed by atoms with Gasteiger partial charge < -0.3 is 21.1 Å². The monoisotopic (exact) mass is 333 g/mol. The zero-order chi connectivity index (χ0) is 17.2. The molecule has 0 radical (unpaired) electrons. The van der Waals surface area contributed by atoms with Crippen molar-refractivity contribution in [1.82, 2.24) is 0 Å². The first kappa shape index (κ1) is 18.4. The van der Waals surface area contributed by atoms with Gasteiger partial charge in [0.25, 0.3) is 5.91 Å². The van der Waals surface area contributed by atoms with Crippen LogP contribution in [0.15, 0.2) is 24.3 Å². The number of nitrogens with one attached hydrogen (secondary N) is 2. The summed E-state index contributed by atoms with van der Waals surface area (Å²) in [5.41, 5.74) is 6.88. The number of benzene rings is 1. The molecule has 1 saturated heterocycles. The molecule has 6 heteroatoms. The fourth-order valence-electron chi connectivity index (χ4n) is 2.65. The molecular weight excluding hydrogens is 306 g/mol. The molecule has 1 fully saturated rings. The number of amides is 2. The van der Waals surface area contributed by atoms with Crippen LogP contribution in [0.4, 0.5) is 11.4 Å². The van der Waals surface area contributed by atoms with Crippen LogP contribution in [0, 0.1) is 0 Å². The van der Waals surface area contributed by atoms with Crippen LogP contribution in [-0.4, -0.2) is 31.1 Å². The van der Waals surface area contributed by atoms with Crippen LogP contribution in [0.25, 0.3) is 0 Å². The van der Waals surface area contributed by atoms with E-state index < -0.39 is 0 Å². The molecule has 24 heavy (non-hydrogen) atoms. The van der Waals surface area contributed by atoms with Crippen LogP contribution in [0.2, 0.25) is 0 Å². The maximum Gasteiger partial charge on any atom is 0.253 e. The molecular formula is C18H27N3O3. The lowest BCUT2D eigenvalue weighted by atomic mass is 10.1. The number of anilines is 2. The van der Waals surface area contributed by atoms with Crippen LogP contribution in [0.1, 0.15) is 44.9 Å². The molecule has 132 valence electrons. The van der Waals surface area contributed by atoms with E-state index in [0.29, 0.717) is 25.3 Å². The molecule has 2 rings (SSSR count). The molecule has 0 bridgehead atoms. The molecule has 1 aromatic carbocycles. The van der Waals surface area contributed by atoms with Crippen molar-refractivity contribution >= 4 is 23.2 Å². The van der Waals surface area contributed by atoms with Crippen LogP contribution in [0.3, 0.4) is 0 Å². The zero-order valence-electron chi connectivity index (χ0n) is 14.1. The van der Waals surface area contributed by atoms with E-state index in [4.69, 9.17) is 10.5 Å². The van der Waals surface area contributed by atoms with Crippen LogP contribution >= 0.6 is 0 Å². The Kier molecular flexibility index (Phi) is 7.71. The summed E-state index contributed by atoms with van der Waals surface area (Å²) in [6.07, 6.45) is 5.86. The number of rotatable bonds is 9. The molecule has 4 N–H and O–H groups in total. The van der Waals surface area contributed by atoms with E-state index in [1.807, 2.05) is 0 Å². The van der Waals surface area contributed by atoms with Gasteiger partial charge in [0.05, 0.1) is 0 Å². The minimum atomic E-state index is -0.344. The average Bonchev–Trinajstić information content (AvgIpc) is 3.11. The zero-order valence-corrected chi connectivity index (χ0v) is 14.1. The summed E-state index contributed by atoms with van der Waals surface area (Å²) >= 11 is 0. The molecule has 1 unspecified atom stereocenters. The number of hydrogen-bond acceptors (Lipinski definition) is 4. The van der Waals surface area contributed by atoms with Crippen LogP contribution in [0.5, 0.6) is 0 Å². The van der Waals surface area contributed by atoms with Gasteiger partial charge in [0, 0.05) is 24.4 Å². The molecule has 0 aliphatic carbocycles. The van der Waals surface area contributed by atoms with Gasteiger partial charge in [-0.2, -0.15) is 0 Å². The lowest BCUT2D eigenvalue weighted by Crippen LogP contribution is -2.26. The Morgan fingerprint density at radius 1 is 1.04 bits per heavy atom. The number of nitrogens with two attached hydrogens (primary N) is 1. The largest absolute Gasteiger partial charge is 0.368 e. The second-order valence-electron chi connectivity index (χ2n) is 6.07. The number of ether oxygens (including phenoxy) is 1. The van der Waals surface area contributed by atoms with Gasteiger partial charge >= 0.3 is 0 Å². The van der Waals surface area contributed by atoms with E-state index in [-0.39, 0.29) is 17.9 Å². The van der Waals surface area contributed by atoms with Gasteiger partial charge in [-0.25, -0.2) is 0 Å². The van der Waals surface area contributed by atoms with Crippen molar-refractivity contribution in [2.24, 2.45) is 5.73 Å². The molecule has 1 aliphatic heterocycles. The maximum absolute atomic E-state index is 12.0. The number of carbonyl (C=O) groups is 2. The van der Waals surface area contributed by atoms with Crippen molar-refractivity contribution in [2.45, 2.75) is 51.0 Å².